The molecule has 1 aliphatic heterocycles. The lowest BCUT2D eigenvalue weighted by atomic mass is 9.77. The molecule has 3 aromatic rings. The SMILES string of the molecule is CC1(C)CCC(S(=O)(=O)c2ccc3c(c2)/C(=N\O)c2cc(S(=O)(=O)N4CCC(Nc5ccc(F)cc5)CC4)ccc2-3)CC1. The van der Waals surface area contributed by atoms with Crippen LogP contribution in [0.3, 0.4) is 0 Å². The lowest BCUT2D eigenvalue weighted by Crippen LogP contribution is -2.42. The third-order valence-corrected chi connectivity index (χ3v) is 13.4. The molecule has 2 fully saturated rings. The molecule has 11 heteroatoms. The molecule has 0 spiro atoms. The molecule has 1 saturated carbocycles. The number of sulfone groups is 1. The van der Waals surface area contributed by atoms with Gasteiger partial charge in [-0.1, -0.05) is 31.1 Å². The highest BCUT2D eigenvalue weighted by Crippen LogP contribution is 2.42. The van der Waals surface area contributed by atoms with Gasteiger partial charge in [0.15, 0.2) is 9.84 Å². The van der Waals surface area contributed by atoms with Crippen molar-refractivity contribution in [1.82, 2.24) is 4.31 Å². The van der Waals surface area contributed by atoms with Crippen LogP contribution in [-0.2, 0) is 19.9 Å². The van der Waals surface area contributed by atoms with E-state index in [4.69, 9.17) is 0 Å². The summed E-state index contributed by atoms with van der Waals surface area (Å²) in [6, 6.07) is 15.8. The molecule has 0 amide bonds. The van der Waals surface area contributed by atoms with Crippen molar-refractivity contribution in [3.63, 3.8) is 0 Å². The number of benzene rings is 3. The van der Waals surface area contributed by atoms with E-state index in [9.17, 15) is 26.4 Å². The van der Waals surface area contributed by atoms with Crippen LogP contribution in [0.15, 0.2) is 75.6 Å². The van der Waals surface area contributed by atoms with E-state index in [1.54, 1.807) is 42.5 Å². The first-order chi connectivity index (χ1) is 20.4. The average Bonchev–Trinajstić information content (AvgIpc) is 3.30. The monoisotopic (exact) mass is 625 g/mol. The fourth-order valence-electron chi connectivity index (χ4n) is 6.55. The van der Waals surface area contributed by atoms with Crippen molar-refractivity contribution >= 4 is 31.3 Å². The summed E-state index contributed by atoms with van der Waals surface area (Å²) in [5, 5.41) is 16.4. The summed E-state index contributed by atoms with van der Waals surface area (Å²) in [6.07, 6.45) is 4.08. The maximum absolute atomic E-state index is 13.6. The topological polar surface area (TPSA) is 116 Å². The molecule has 228 valence electrons. The molecule has 3 aliphatic rings. The van der Waals surface area contributed by atoms with E-state index in [1.165, 1.54) is 22.5 Å². The van der Waals surface area contributed by atoms with Gasteiger partial charge >= 0.3 is 0 Å². The number of nitrogens with zero attached hydrogens (tertiary/aromatic N) is 2. The Hall–Kier alpha value is -3.28. The molecule has 43 heavy (non-hydrogen) atoms. The van der Waals surface area contributed by atoms with E-state index >= 15 is 0 Å². The summed E-state index contributed by atoms with van der Waals surface area (Å²) in [7, 11) is -7.42. The fraction of sp³-hybridized carbons (Fsp3) is 0.406. The second kappa shape index (κ2) is 11.0. The van der Waals surface area contributed by atoms with Crippen molar-refractivity contribution in [2.24, 2.45) is 10.6 Å². The first-order valence-corrected chi connectivity index (χ1v) is 17.7. The molecule has 2 aliphatic carbocycles. The number of nitrogens with one attached hydrogen (secondary N) is 1. The average molecular weight is 626 g/mol. The van der Waals surface area contributed by atoms with Crippen LogP contribution >= 0.6 is 0 Å². The summed E-state index contributed by atoms with van der Waals surface area (Å²) in [4.78, 5) is 0.276. The minimum Gasteiger partial charge on any atom is -0.410 e. The number of halogens is 1. The molecule has 3 aromatic carbocycles. The summed E-state index contributed by atoms with van der Waals surface area (Å²) in [6.45, 7) is 4.96. The third-order valence-electron chi connectivity index (χ3n) is 9.24. The number of anilines is 1. The van der Waals surface area contributed by atoms with Crippen molar-refractivity contribution in [2.45, 2.75) is 73.5 Å². The van der Waals surface area contributed by atoms with Crippen LogP contribution in [-0.4, -0.2) is 56.4 Å². The summed E-state index contributed by atoms with van der Waals surface area (Å²) in [5.74, 6) is -0.313. The molecule has 1 saturated heterocycles. The van der Waals surface area contributed by atoms with E-state index in [1.807, 2.05) is 0 Å². The van der Waals surface area contributed by atoms with Gasteiger partial charge in [-0.05, 0) is 104 Å². The van der Waals surface area contributed by atoms with Gasteiger partial charge in [0.1, 0.15) is 11.5 Å². The van der Waals surface area contributed by atoms with Gasteiger partial charge in [0.05, 0.1) is 15.0 Å². The van der Waals surface area contributed by atoms with E-state index in [0.717, 1.165) is 18.5 Å². The molecule has 0 radical (unpaired) electrons. The van der Waals surface area contributed by atoms with E-state index in [2.05, 4.69) is 24.3 Å². The highest BCUT2D eigenvalue weighted by atomic mass is 32.2. The van der Waals surface area contributed by atoms with E-state index in [0.29, 0.717) is 61.0 Å². The molecule has 8 nitrogen and oxygen atoms in total. The first kappa shape index (κ1) is 29.8. The highest BCUT2D eigenvalue weighted by Gasteiger charge is 2.37. The zero-order chi connectivity index (χ0) is 30.6. The smallest absolute Gasteiger partial charge is 0.243 e. The number of piperidine rings is 1. The van der Waals surface area contributed by atoms with Crippen molar-refractivity contribution < 1.29 is 26.4 Å². The van der Waals surface area contributed by atoms with Gasteiger partial charge in [0.2, 0.25) is 10.0 Å². The minimum absolute atomic E-state index is 0.0603. The first-order valence-electron chi connectivity index (χ1n) is 14.7. The number of sulfonamides is 1. The second-order valence-corrected chi connectivity index (χ2v) is 16.8. The lowest BCUT2D eigenvalue weighted by Gasteiger charge is -2.34. The predicted octanol–water partition coefficient (Wildman–Crippen LogP) is 6.04. The van der Waals surface area contributed by atoms with Gasteiger partial charge in [-0.3, -0.25) is 0 Å². The quantitative estimate of drug-likeness (QED) is 0.199. The van der Waals surface area contributed by atoms with Crippen molar-refractivity contribution in [3.05, 3.63) is 77.6 Å². The molecule has 6 rings (SSSR count). The molecular formula is C32H36FN3O5S2. The highest BCUT2D eigenvalue weighted by molar-refractivity contribution is 7.92. The molecule has 0 unspecified atom stereocenters. The number of hydrogen-bond acceptors (Lipinski definition) is 7. The van der Waals surface area contributed by atoms with Crippen molar-refractivity contribution in [1.29, 1.82) is 0 Å². The minimum atomic E-state index is -3.84. The van der Waals surface area contributed by atoms with Crippen LogP contribution in [0.25, 0.3) is 11.1 Å². The van der Waals surface area contributed by atoms with Crippen LogP contribution in [0.2, 0.25) is 0 Å². The molecule has 0 aromatic heterocycles. The van der Waals surface area contributed by atoms with E-state index in [-0.39, 0.29) is 32.8 Å². The Kier molecular flexibility index (Phi) is 7.63. The van der Waals surface area contributed by atoms with Crippen LogP contribution in [0.4, 0.5) is 10.1 Å². The Morgan fingerprint density at radius 3 is 1.95 bits per heavy atom. The fourth-order valence-corrected chi connectivity index (χ4v) is 9.82. The number of fused-ring (bicyclic) bond motifs is 3. The zero-order valence-corrected chi connectivity index (χ0v) is 25.9. The Labute approximate surface area is 252 Å². The van der Waals surface area contributed by atoms with Gasteiger partial charge in [-0.25, -0.2) is 21.2 Å². The number of oxime groups is 1. The maximum Gasteiger partial charge on any atom is 0.243 e. The van der Waals surface area contributed by atoms with Crippen LogP contribution in [0, 0.1) is 11.2 Å². The molecule has 2 N–H and O–H groups in total. The Morgan fingerprint density at radius 1 is 0.814 bits per heavy atom. The van der Waals surface area contributed by atoms with Crippen LogP contribution in [0.1, 0.15) is 63.5 Å². The molecule has 0 atom stereocenters. The zero-order valence-electron chi connectivity index (χ0n) is 24.3. The van der Waals surface area contributed by atoms with Gasteiger partial charge in [-0.15, -0.1) is 0 Å². The standard InChI is InChI=1S/C32H36FN3O5S2/c1-32(2)15-11-24(12-16-32)42(38,39)25-7-9-27-28-10-8-26(20-30(28)31(35-37)29(27)19-25)43(40,41)36-17-13-23(14-18-36)34-22-5-3-21(33)4-6-22/h3-10,19-20,23-24,34,37H,11-18H2,1-2H3/b35-31+. The Balaban J connectivity index is 1.21. The van der Waals surface area contributed by atoms with Gasteiger partial charge < -0.3 is 10.5 Å². The largest absolute Gasteiger partial charge is 0.410 e. The van der Waals surface area contributed by atoms with Gasteiger partial charge in [0, 0.05) is 35.9 Å². The maximum atomic E-state index is 13.6. The summed E-state index contributed by atoms with van der Waals surface area (Å²) >= 11 is 0. The number of hydrogen-bond donors (Lipinski definition) is 2. The predicted molar refractivity (Wildman–Crippen MR) is 164 cm³/mol. The lowest BCUT2D eigenvalue weighted by molar-refractivity contribution is 0.246. The van der Waals surface area contributed by atoms with E-state index < -0.39 is 25.1 Å². The normalized spacial score (nSPS) is 20.6. The van der Waals surface area contributed by atoms with Gasteiger partial charge in [0.25, 0.3) is 0 Å². The van der Waals surface area contributed by atoms with Crippen LogP contribution < -0.4 is 5.32 Å². The summed E-state index contributed by atoms with van der Waals surface area (Å²) < 4.78 is 69.1. The third kappa shape index (κ3) is 5.58. The molecule has 0 bridgehead atoms. The van der Waals surface area contributed by atoms with Gasteiger partial charge in [-0.2, -0.15) is 4.31 Å². The molecule has 1 heterocycles. The molecular weight excluding hydrogens is 590 g/mol. The Bertz CT molecular complexity index is 1790. The van der Waals surface area contributed by atoms with Crippen LogP contribution in [0.5, 0.6) is 0 Å². The second-order valence-electron chi connectivity index (χ2n) is 12.6. The Morgan fingerprint density at radius 2 is 1.37 bits per heavy atom. The van der Waals surface area contributed by atoms with Crippen molar-refractivity contribution in [3.8, 4) is 11.1 Å². The number of rotatable bonds is 6. The summed E-state index contributed by atoms with van der Waals surface area (Å²) in [5.41, 5.74) is 3.38. The van der Waals surface area contributed by atoms with Crippen molar-refractivity contribution in [2.75, 3.05) is 18.4 Å².